The lowest BCUT2D eigenvalue weighted by atomic mass is 9.78. The molecule has 6 rings (SSSR count). The van der Waals surface area contributed by atoms with Crippen molar-refractivity contribution in [3.05, 3.63) is 52.2 Å². The minimum Gasteiger partial charge on any atom is -0.356 e. The summed E-state index contributed by atoms with van der Waals surface area (Å²) in [4.78, 5) is 63.2. The van der Waals surface area contributed by atoms with E-state index in [1.807, 2.05) is 29.2 Å². The normalized spacial score (nSPS) is 29.0. The van der Waals surface area contributed by atoms with E-state index in [1.165, 1.54) is 6.20 Å². The predicted octanol–water partition coefficient (Wildman–Crippen LogP) is 0.782. The molecular weight excluding hydrogens is 448 g/mol. The van der Waals surface area contributed by atoms with E-state index in [9.17, 15) is 19.2 Å². The van der Waals surface area contributed by atoms with Crippen molar-refractivity contribution in [3.63, 3.8) is 0 Å². The van der Waals surface area contributed by atoms with Gasteiger partial charge in [-0.15, -0.1) is 0 Å². The molecule has 0 saturated carbocycles. The Balaban J connectivity index is 1.36. The highest BCUT2D eigenvalue weighted by Gasteiger charge is 2.66. The number of carbonyl (C=O) groups is 3. The van der Waals surface area contributed by atoms with Crippen LogP contribution >= 0.6 is 0 Å². The molecule has 3 amide bonds. The third-order valence-electron chi connectivity index (χ3n) is 8.16. The highest BCUT2D eigenvalue weighted by molar-refractivity contribution is 6.11. The summed E-state index contributed by atoms with van der Waals surface area (Å²) in [7, 11) is 0. The van der Waals surface area contributed by atoms with Crippen molar-refractivity contribution in [2.24, 2.45) is 5.92 Å². The van der Waals surface area contributed by atoms with Crippen molar-refractivity contribution < 1.29 is 14.4 Å². The van der Waals surface area contributed by atoms with Crippen LogP contribution in [0.5, 0.6) is 0 Å². The monoisotopic (exact) mass is 478 g/mol. The van der Waals surface area contributed by atoms with E-state index in [0.717, 1.165) is 30.6 Å². The van der Waals surface area contributed by atoms with Gasteiger partial charge in [-0.2, -0.15) is 0 Å². The van der Waals surface area contributed by atoms with Gasteiger partial charge in [0.1, 0.15) is 11.2 Å². The molecule has 5 heterocycles. The Morgan fingerprint density at radius 1 is 1.00 bits per heavy atom. The fourth-order valence-corrected chi connectivity index (χ4v) is 6.74. The van der Waals surface area contributed by atoms with Crippen LogP contribution in [0.3, 0.4) is 0 Å². The summed E-state index contributed by atoms with van der Waals surface area (Å²) >= 11 is 0. The maximum atomic E-state index is 14.3. The molecule has 2 aromatic rings. The molecule has 1 aromatic carbocycles. The summed E-state index contributed by atoms with van der Waals surface area (Å²) in [6.45, 7) is 2.58. The number of benzene rings is 1. The number of anilines is 1. The number of para-hydroxylation sites is 1. The molecule has 1 aromatic heterocycles. The molecule has 2 bridgehead atoms. The average Bonchev–Trinajstić information content (AvgIpc) is 3.61. The number of amides is 3. The summed E-state index contributed by atoms with van der Waals surface area (Å²) in [5.41, 5.74) is 0.634. The van der Waals surface area contributed by atoms with Gasteiger partial charge in [0.25, 0.3) is 11.8 Å². The van der Waals surface area contributed by atoms with Gasteiger partial charge in [0, 0.05) is 49.7 Å². The van der Waals surface area contributed by atoms with Crippen molar-refractivity contribution in [2.75, 3.05) is 37.6 Å². The number of fused-ring (bicyclic) bond motifs is 4. The number of aromatic amines is 2. The quantitative estimate of drug-likeness (QED) is 0.559. The minimum atomic E-state index is -0.948. The average molecular weight is 479 g/mol. The molecule has 3 atom stereocenters. The highest BCUT2D eigenvalue weighted by Crippen LogP contribution is 2.57. The molecule has 184 valence electrons. The maximum absolute atomic E-state index is 14.3. The Morgan fingerprint density at radius 2 is 1.83 bits per heavy atom. The summed E-state index contributed by atoms with van der Waals surface area (Å²) in [5, 5.41) is 3.08. The predicted molar refractivity (Wildman–Crippen MR) is 128 cm³/mol. The lowest BCUT2D eigenvalue weighted by Gasteiger charge is -2.37. The number of nitrogens with one attached hydrogen (secondary N) is 3. The second kappa shape index (κ2) is 8.37. The van der Waals surface area contributed by atoms with Gasteiger partial charge in [-0.25, -0.2) is 4.79 Å². The summed E-state index contributed by atoms with van der Waals surface area (Å²) in [6.07, 6.45) is 5.30. The molecule has 3 fully saturated rings. The number of nitrogens with zero attached hydrogens (tertiary/aromatic N) is 3. The van der Waals surface area contributed by atoms with Gasteiger partial charge in [-0.05, 0) is 44.7 Å². The first-order chi connectivity index (χ1) is 17.0. The second-order valence-corrected chi connectivity index (χ2v) is 9.96. The first-order valence-electron chi connectivity index (χ1n) is 12.5. The Morgan fingerprint density at radius 3 is 2.66 bits per heavy atom. The van der Waals surface area contributed by atoms with Crippen molar-refractivity contribution in [1.82, 2.24) is 25.1 Å². The zero-order chi connectivity index (χ0) is 24.2. The summed E-state index contributed by atoms with van der Waals surface area (Å²) in [5.74, 6) is -0.812. The number of carbonyl (C=O) groups excluding carboxylic acids is 3. The molecule has 0 aliphatic carbocycles. The Kier molecular flexibility index (Phi) is 5.28. The molecule has 4 aliphatic rings. The van der Waals surface area contributed by atoms with Gasteiger partial charge >= 0.3 is 5.69 Å². The molecule has 0 unspecified atom stereocenters. The lowest BCUT2D eigenvalue weighted by Crippen LogP contribution is -2.56. The standard InChI is InChI=1S/C25H30N6O4/c32-21-18-14-16-6-3-13-31(16)25(18)17-7-1-2-8-20(17)30(23(25)34)12-5-11-29(10-4-9-26-21)22(33)19-15-27-24(35)28-19/h1-2,7-8,15-16,18H,3-6,9-14H2,(H,26,32)(H2,27,28,35)/t16-,18-,25+/m0/s1. The van der Waals surface area contributed by atoms with Crippen LogP contribution in [0.2, 0.25) is 0 Å². The van der Waals surface area contributed by atoms with E-state index >= 15 is 0 Å². The fourth-order valence-electron chi connectivity index (χ4n) is 6.74. The van der Waals surface area contributed by atoms with Gasteiger partial charge < -0.3 is 25.1 Å². The van der Waals surface area contributed by atoms with Crippen LogP contribution in [-0.2, 0) is 15.1 Å². The van der Waals surface area contributed by atoms with Gasteiger partial charge in [0.2, 0.25) is 5.91 Å². The van der Waals surface area contributed by atoms with Crippen molar-refractivity contribution in [1.29, 1.82) is 0 Å². The molecule has 0 radical (unpaired) electrons. The molecule has 1 spiro atoms. The third-order valence-corrected chi connectivity index (χ3v) is 8.16. The van der Waals surface area contributed by atoms with Crippen LogP contribution in [0.4, 0.5) is 5.69 Å². The van der Waals surface area contributed by atoms with Crippen LogP contribution in [0.15, 0.2) is 35.3 Å². The highest BCUT2D eigenvalue weighted by atomic mass is 16.2. The van der Waals surface area contributed by atoms with Crippen LogP contribution < -0.4 is 15.9 Å². The summed E-state index contributed by atoms with van der Waals surface area (Å²) < 4.78 is 0. The van der Waals surface area contributed by atoms with Crippen LogP contribution in [0.1, 0.15) is 48.2 Å². The largest absolute Gasteiger partial charge is 0.356 e. The van der Waals surface area contributed by atoms with Crippen molar-refractivity contribution >= 4 is 23.4 Å². The van der Waals surface area contributed by atoms with Crippen molar-refractivity contribution in [3.8, 4) is 0 Å². The van der Waals surface area contributed by atoms with E-state index in [4.69, 9.17) is 0 Å². The minimum absolute atomic E-state index is 0.0182. The van der Waals surface area contributed by atoms with Gasteiger partial charge in [0.15, 0.2) is 0 Å². The molecule has 35 heavy (non-hydrogen) atoms. The molecule has 10 nitrogen and oxygen atoms in total. The van der Waals surface area contributed by atoms with Crippen LogP contribution in [0, 0.1) is 5.92 Å². The topological polar surface area (TPSA) is 122 Å². The first kappa shape index (κ1) is 22.1. The van der Waals surface area contributed by atoms with Crippen LogP contribution in [0.25, 0.3) is 0 Å². The molecule has 4 aliphatic heterocycles. The zero-order valence-corrected chi connectivity index (χ0v) is 19.6. The molecule has 3 saturated heterocycles. The van der Waals surface area contributed by atoms with Crippen LogP contribution in [-0.4, -0.2) is 76.3 Å². The van der Waals surface area contributed by atoms with E-state index in [1.54, 1.807) is 4.90 Å². The lowest BCUT2D eigenvalue weighted by molar-refractivity contribution is -0.138. The Bertz CT molecular complexity index is 1240. The van der Waals surface area contributed by atoms with Gasteiger partial charge in [-0.1, -0.05) is 18.2 Å². The van der Waals surface area contributed by atoms with E-state index in [-0.39, 0.29) is 29.5 Å². The van der Waals surface area contributed by atoms with Gasteiger partial charge in [0.05, 0.1) is 5.92 Å². The summed E-state index contributed by atoms with van der Waals surface area (Å²) in [6, 6.07) is 8.12. The second-order valence-electron chi connectivity index (χ2n) is 9.96. The molecule has 10 heteroatoms. The third kappa shape index (κ3) is 3.26. The fraction of sp³-hybridized carbons (Fsp3) is 0.520. The molecular formula is C25H30N6O4. The number of rotatable bonds is 1. The number of imidazole rings is 1. The Labute approximate surface area is 202 Å². The number of hydrogen-bond donors (Lipinski definition) is 3. The first-order valence-corrected chi connectivity index (χ1v) is 12.5. The van der Waals surface area contributed by atoms with Gasteiger partial charge in [-0.3, -0.25) is 19.3 Å². The Hall–Kier alpha value is -3.40. The SMILES string of the molecule is O=C1NCCCN(C(=O)c2c[nH]c(=O)[nH]2)CCCN2C(=O)[C@@]3(c4ccccc42)[C@H]1C[C@@H]1CCCN13. The number of aromatic nitrogens is 2. The zero-order valence-electron chi connectivity index (χ0n) is 19.6. The van der Waals surface area contributed by atoms with E-state index < -0.39 is 17.1 Å². The van der Waals surface area contributed by atoms with E-state index in [0.29, 0.717) is 45.4 Å². The molecule has 3 N–H and O–H groups in total. The maximum Gasteiger partial charge on any atom is 0.323 e. The number of H-pyrrole nitrogens is 2. The number of hydrogen-bond acceptors (Lipinski definition) is 5. The van der Waals surface area contributed by atoms with E-state index in [2.05, 4.69) is 20.2 Å². The van der Waals surface area contributed by atoms with Crippen molar-refractivity contribution in [2.45, 2.75) is 43.7 Å². The smallest absolute Gasteiger partial charge is 0.323 e.